The summed E-state index contributed by atoms with van der Waals surface area (Å²) in [5.41, 5.74) is -0.195. The highest BCUT2D eigenvalue weighted by molar-refractivity contribution is 7.71. The second-order valence-corrected chi connectivity index (χ2v) is 5.61. The van der Waals surface area contributed by atoms with Gasteiger partial charge in [-0.05, 0) is 30.4 Å². The van der Waals surface area contributed by atoms with Crippen molar-refractivity contribution in [2.75, 3.05) is 7.11 Å². The van der Waals surface area contributed by atoms with Gasteiger partial charge in [-0.1, -0.05) is 30.3 Å². The molecule has 0 bridgehead atoms. The maximum atomic E-state index is 13.1. The third-order valence-corrected chi connectivity index (χ3v) is 3.82. The molecule has 0 saturated heterocycles. The SMILES string of the molecule is COc1cccc(-c2n[nH]c(=S)n2/N=C/c2ccccc2C(F)(F)F)c1. The van der Waals surface area contributed by atoms with Crippen LogP contribution < -0.4 is 4.74 Å². The van der Waals surface area contributed by atoms with E-state index in [1.165, 1.54) is 30.0 Å². The Morgan fingerprint density at radius 2 is 1.96 bits per heavy atom. The summed E-state index contributed by atoms with van der Waals surface area (Å²) < 4.78 is 45.9. The Morgan fingerprint density at radius 3 is 2.69 bits per heavy atom. The van der Waals surface area contributed by atoms with E-state index in [1.54, 1.807) is 24.3 Å². The van der Waals surface area contributed by atoms with Gasteiger partial charge in [0.1, 0.15) is 5.75 Å². The molecule has 0 aliphatic carbocycles. The number of nitrogens with one attached hydrogen (secondary N) is 1. The van der Waals surface area contributed by atoms with Crippen molar-refractivity contribution >= 4 is 18.4 Å². The van der Waals surface area contributed by atoms with Crippen LogP contribution in [0.2, 0.25) is 0 Å². The first-order valence-electron chi connectivity index (χ1n) is 7.42. The fourth-order valence-electron chi connectivity index (χ4n) is 2.34. The van der Waals surface area contributed by atoms with Crippen LogP contribution in [0, 0.1) is 4.77 Å². The molecule has 1 aromatic heterocycles. The molecule has 1 heterocycles. The zero-order valence-corrected chi connectivity index (χ0v) is 14.3. The van der Waals surface area contributed by atoms with Crippen molar-refractivity contribution in [2.24, 2.45) is 5.10 Å². The smallest absolute Gasteiger partial charge is 0.417 e. The molecule has 9 heteroatoms. The van der Waals surface area contributed by atoms with Crippen molar-refractivity contribution in [3.8, 4) is 17.1 Å². The van der Waals surface area contributed by atoms with Crippen molar-refractivity contribution in [2.45, 2.75) is 6.18 Å². The number of aromatic amines is 1. The third-order valence-electron chi connectivity index (χ3n) is 3.56. The summed E-state index contributed by atoms with van der Waals surface area (Å²) in [6.45, 7) is 0. The van der Waals surface area contributed by atoms with Crippen molar-refractivity contribution in [1.29, 1.82) is 0 Å². The van der Waals surface area contributed by atoms with Crippen LogP contribution in [0.25, 0.3) is 11.4 Å². The topological polar surface area (TPSA) is 55.2 Å². The zero-order chi connectivity index (χ0) is 18.7. The van der Waals surface area contributed by atoms with Crippen LogP contribution in [0.3, 0.4) is 0 Å². The molecular weight excluding hydrogens is 365 g/mol. The van der Waals surface area contributed by atoms with Crippen LogP contribution in [0.5, 0.6) is 5.75 Å². The van der Waals surface area contributed by atoms with E-state index in [0.717, 1.165) is 12.3 Å². The zero-order valence-electron chi connectivity index (χ0n) is 13.5. The minimum Gasteiger partial charge on any atom is -0.497 e. The van der Waals surface area contributed by atoms with E-state index in [-0.39, 0.29) is 10.3 Å². The first-order valence-corrected chi connectivity index (χ1v) is 7.83. The Hall–Kier alpha value is -2.94. The predicted molar refractivity (Wildman–Crippen MR) is 93.8 cm³/mol. The lowest BCUT2D eigenvalue weighted by Crippen LogP contribution is -2.09. The van der Waals surface area contributed by atoms with Crippen molar-refractivity contribution in [3.05, 3.63) is 64.4 Å². The summed E-state index contributed by atoms with van der Waals surface area (Å²) in [7, 11) is 1.53. The van der Waals surface area contributed by atoms with Gasteiger partial charge in [0.2, 0.25) is 4.77 Å². The fraction of sp³-hybridized carbons (Fsp3) is 0.118. The Labute approximate surface area is 151 Å². The number of ether oxygens (including phenoxy) is 1. The summed E-state index contributed by atoms with van der Waals surface area (Å²) in [5, 5.41) is 10.8. The number of nitrogens with zero attached hydrogens (tertiary/aromatic N) is 3. The van der Waals surface area contributed by atoms with Crippen molar-refractivity contribution < 1.29 is 17.9 Å². The molecule has 0 aliphatic rings. The van der Waals surface area contributed by atoms with E-state index in [0.29, 0.717) is 17.1 Å². The number of benzene rings is 2. The summed E-state index contributed by atoms with van der Waals surface area (Å²) >= 11 is 5.13. The maximum absolute atomic E-state index is 13.1. The Balaban J connectivity index is 2.04. The number of hydrogen-bond acceptors (Lipinski definition) is 4. The minimum atomic E-state index is -4.48. The summed E-state index contributed by atoms with van der Waals surface area (Å²) in [4.78, 5) is 0. The summed E-state index contributed by atoms with van der Waals surface area (Å²) in [6, 6.07) is 12.2. The van der Waals surface area contributed by atoms with E-state index in [1.807, 2.05) is 0 Å². The molecule has 134 valence electrons. The Kier molecular flexibility index (Phi) is 4.90. The van der Waals surface area contributed by atoms with Gasteiger partial charge in [-0.2, -0.15) is 28.0 Å². The van der Waals surface area contributed by atoms with Crippen LogP contribution >= 0.6 is 12.2 Å². The molecule has 3 aromatic rings. The minimum absolute atomic E-state index is 0.0697. The monoisotopic (exact) mass is 378 g/mol. The number of halogens is 3. The van der Waals surface area contributed by atoms with E-state index in [4.69, 9.17) is 17.0 Å². The second kappa shape index (κ2) is 7.12. The number of aromatic nitrogens is 3. The molecule has 0 fully saturated rings. The quantitative estimate of drug-likeness (QED) is 0.537. The molecule has 5 nitrogen and oxygen atoms in total. The maximum Gasteiger partial charge on any atom is 0.417 e. The van der Waals surface area contributed by atoms with Gasteiger partial charge in [-0.25, -0.2) is 5.10 Å². The molecule has 1 N–H and O–H groups in total. The van der Waals surface area contributed by atoms with E-state index < -0.39 is 11.7 Å². The number of alkyl halides is 3. The molecule has 2 aromatic carbocycles. The first kappa shape index (κ1) is 17.9. The average molecular weight is 378 g/mol. The molecule has 0 amide bonds. The highest BCUT2D eigenvalue weighted by Crippen LogP contribution is 2.31. The number of hydrogen-bond donors (Lipinski definition) is 1. The van der Waals surface area contributed by atoms with Gasteiger partial charge in [0.25, 0.3) is 0 Å². The molecule has 26 heavy (non-hydrogen) atoms. The lowest BCUT2D eigenvalue weighted by molar-refractivity contribution is -0.137. The van der Waals surface area contributed by atoms with E-state index in [2.05, 4.69) is 15.3 Å². The lowest BCUT2D eigenvalue weighted by atomic mass is 10.1. The summed E-state index contributed by atoms with van der Waals surface area (Å²) in [6.07, 6.45) is -3.37. The average Bonchev–Trinajstić information content (AvgIpc) is 3.00. The van der Waals surface area contributed by atoms with Gasteiger partial charge in [0.15, 0.2) is 5.82 Å². The van der Waals surface area contributed by atoms with Gasteiger partial charge in [0, 0.05) is 11.1 Å². The Morgan fingerprint density at radius 1 is 1.19 bits per heavy atom. The van der Waals surface area contributed by atoms with Crippen LogP contribution in [-0.4, -0.2) is 28.2 Å². The van der Waals surface area contributed by atoms with E-state index >= 15 is 0 Å². The highest BCUT2D eigenvalue weighted by Gasteiger charge is 2.32. The van der Waals surface area contributed by atoms with Gasteiger partial charge >= 0.3 is 6.18 Å². The lowest BCUT2D eigenvalue weighted by Gasteiger charge is -2.09. The molecule has 0 spiro atoms. The Bertz CT molecular complexity index is 1010. The van der Waals surface area contributed by atoms with Gasteiger partial charge < -0.3 is 4.74 Å². The number of H-pyrrole nitrogens is 1. The third kappa shape index (κ3) is 3.67. The molecular formula is C17H13F3N4OS. The van der Waals surface area contributed by atoms with Crippen LogP contribution in [0.1, 0.15) is 11.1 Å². The fourth-order valence-corrected chi connectivity index (χ4v) is 2.51. The molecule has 0 atom stereocenters. The first-order chi connectivity index (χ1) is 12.4. The van der Waals surface area contributed by atoms with Crippen LogP contribution in [0.15, 0.2) is 53.6 Å². The standard InChI is InChI=1S/C17H13F3N4OS/c1-25-13-7-4-6-11(9-13)15-22-23-16(26)24(15)21-10-12-5-2-3-8-14(12)17(18,19)20/h2-10H,1H3,(H,23,26)/b21-10+. The van der Waals surface area contributed by atoms with Gasteiger partial charge in [0.05, 0.1) is 18.9 Å². The van der Waals surface area contributed by atoms with E-state index in [9.17, 15) is 13.2 Å². The van der Waals surface area contributed by atoms with Crippen molar-refractivity contribution in [1.82, 2.24) is 14.9 Å². The van der Waals surface area contributed by atoms with Gasteiger partial charge in [-0.15, -0.1) is 0 Å². The number of rotatable bonds is 4. The predicted octanol–water partition coefficient (Wildman–Crippen LogP) is 4.52. The highest BCUT2D eigenvalue weighted by atomic mass is 32.1. The van der Waals surface area contributed by atoms with Crippen molar-refractivity contribution in [3.63, 3.8) is 0 Å². The molecule has 0 unspecified atom stereocenters. The molecule has 0 radical (unpaired) electrons. The summed E-state index contributed by atoms with van der Waals surface area (Å²) in [5.74, 6) is 0.962. The van der Waals surface area contributed by atoms with Gasteiger partial charge in [-0.3, -0.25) is 0 Å². The van der Waals surface area contributed by atoms with Crippen LogP contribution in [-0.2, 0) is 6.18 Å². The number of methoxy groups -OCH3 is 1. The molecule has 3 rings (SSSR count). The molecule has 0 saturated carbocycles. The second-order valence-electron chi connectivity index (χ2n) is 5.23. The normalized spacial score (nSPS) is 11.8. The van der Waals surface area contributed by atoms with Crippen LogP contribution in [0.4, 0.5) is 13.2 Å². The molecule has 0 aliphatic heterocycles. The largest absolute Gasteiger partial charge is 0.497 e.